The maximum Gasteiger partial charge on any atom is 0.147 e. The summed E-state index contributed by atoms with van der Waals surface area (Å²) < 4.78 is 21.7. The van der Waals surface area contributed by atoms with E-state index in [-0.39, 0.29) is 0 Å². The Bertz CT molecular complexity index is 224. The van der Waals surface area contributed by atoms with Crippen LogP contribution in [0.1, 0.15) is 39.5 Å². The largest absolute Gasteiger partial charge is 0.314 e. The van der Waals surface area contributed by atoms with Gasteiger partial charge < -0.3 is 5.32 Å². The lowest BCUT2D eigenvalue weighted by Gasteiger charge is -2.12. The van der Waals surface area contributed by atoms with Gasteiger partial charge in [0.1, 0.15) is 9.84 Å². The Labute approximate surface area is 88.2 Å². The molecule has 0 saturated heterocycles. The lowest BCUT2D eigenvalue weighted by molar-refractivity contribution is 0.494. The maximum absolute atomic E-state index is 10.8. The average molecular weight is 221 g/mol. The van der Waals surface area contributed by atoms with Crippen molar-refractivity contribution in [1.82, 2.24) is 5.32 Å². The van der Waals surface area contributed by atoms with Gasteiger partial charge in [-0.05, 0) is 32.7 Å². The Morgan fingerprint density at radius 3 is 2.43 bits per heavy atom. The molecule has 14 heavy (non-hydrogen) atoms. The van der Waals surface area contributed by atoms with E-state index in [1.54, 1.807) is 0 Å². The Morgan fingerprint density at radius 1 is 1.29 bits per heavy atom. The topological polar surface area (TPSA) is 46.2 Å². The summed E-state index contributed by atoms with van der Waals surface area (Å²) in [5.41, 5.74) is 0. The monoisotopic (exact) mass is 221 g/mol. The fourth-order valence-electron chi connectivity index (χ4n) is 1.31. The van der Waals surface area contributed by atoms with Crippen LogP contribution >= 0.6 is 0 Å². The molecule has 0 aliphatic carbocycles. The van der Waals surface area contributed by atoms with E-state index in [0.717, 1.165) is 32.2 Å². The molecule has 0 spiro atoms. The van der Waals surface area contributed by atoms with Crippen LogP contribution < -0.4 is 5.32 Å². The molecule has 0 aromatic rings. The number of hydrogen-bond acceptors (Lipinski definition) is 3. The summed E-state index contributed by atoms with van der Waals surface area (Å²) in [6, 6.07) is 0.509. The second-order valence-corrected chi connectivity index (χ2v) is 6.24. The van der Waals surface area contributed by atoms with Gasteiger partial charge >= 0.3 is 0 Å². The smallest absolute Gasteiger partial charge is 0.147 e. The second-order valence-electron chi connectivity index (χ2n) is 3.98. The Balaban J connectivity index is 3.36. The van der Waals surface area contributed by atoms with Crippen LogP contribution in [0.3, 0.4) is 0 Å². The number of rotatable bonds is 8. The van der Waals surface area contributed by atoms with Crippen LogP contribution in [0.2, 0.25) is 0 Å². The molecule has 0 aliphatic rings. The van der Waals surface area contributed by atoms with Crippen LogP contribution in [0.25, 0.3) is 0 Å². The van der Waals surface area contributed by atoms with Crippen LogP contribution in [-0.2, 0) is 9.84 Å². The Kier molecular flexibility index (Phi) is 7.19. The lowest BCUT2D eigenvalue weighted by atomic mass is 10.1. The molecule has 0 bridgehead atoms. The number of nitrogens with one attached hydrogen (secondary N) is 1. The van der Waals surface area contributed by atoms with E-state index in [1.807, 2.05) is 0 Å². The summed E-state index contributed by atoms with van der Waals surface area (Å²) in [5.74, 6) is 0.327. The first-order chi connectivity index (χ1) is 6.45. The van der Waals surface area contributed by atoms with E-state index in [1.165, 1.54) is 6.26 Å². The van der Waals surface area contributed by atoms with Crippen LogP contribution in [0.4, 0.5) is 0 Å². The molecule has 0 aliphatic heterocycles. The first-order valence-corrected chi connectivity index (χ1v) is 7.43. The first-order valence-electron chi connectivity index (χ1n) is 5.37. The van der Waals surface area contributed by atoms with Crippen molar-refractivity contribution in [1.29, 1.82) is 0 Å². The van der Waals surface area contributed by atoms with Gasteiger partial charge in [0.2, 0.25) is 0 Å². The molecule has 0 saturated carbocycles. The molecule has 0 aromatic heterocycles. The maximum atomic E-state index is 10.8. The predicted molar refractivity (Wildman–Crippen MR) is 61.3 cm³/mol. The van der Waals surface area contributed by atoms with Crippen molar-refractivity contribution in [2.24, 2.45) is 0 Å². The summed E-state index contributed by atoms with van der Waals surface area (Å²) in [6.45, 7) is 5.34. The minimum absolute atomic E-state index is 0.327. The van der Waals surface area contributed by atoms with Gasteiger partial charge in [-0.1, -0.05) is 13.3 Å². The zero-order valence-corrected chi connectivity index (χ0v) is 10.4. The molecule has 3 nitrogen and oxygen atoms in total. The number of sulfone groups is 1. The van der Waals surface area contributed by atoms with Crippen LogP contribution in [0.15, 0.2) is 0 Å². The van der Waals surface area contributed by atoms with Gasteiger partial charge in [0, 0.05) is 18.1 Å². The van der Waals surface area contributed by atoms with Crippen LogP contribution in [0.5, 0.6) is 0 Å². The van der Waals surface area contributed by atoms with Gasteiger partial charge in [0.25, 0.3) is 0 Å². The molecule has 0 radical (unpaired) electrons. The molecule has 0 rings (SSSR count). The normalized spacial score (nSPS) is 14.2. The Hall–Kier alpha value is -0.0900. The predicted octanol–water partition coefficient (Wildman–Crippen LogP) is 1.59. The molecular weight excluding hydrogens is 198 g/mol. The fraction of sp³-hybridized carbons (Fsp3) is 1.00. The van der Waals surface area contributed by atoms with E-state index >= 15 is 0 Å². The quantitative estimate of drug-likeness (QED) is 0.633. The van der Waals surface area contributed by atoms with E-state index in [4.69, 9.17) is 0 Å². The highest BCUT2D eigenvalue weighted by atomic mass is 32.2. The molecular formula is C10H23NO2S. The highest BCUT2D eigenvalue weighted by Gasteiger charge is 2.03. The zero-order chi connectivity index (χ0) is 11.0. The molecule has 1 N–H and O–H groups in total. The molecule has 0 heterocycles. The standard InChI is InChI=1S/C10H23NO2S/c1-4-8-11-10(2)7-5-6-9-14(3,12)13/h10-11H,4-9H2,1-3H3. The third-order valence-corrected chi connectivity index (χ3v) is 3.18. The van der Waals surface area contributed by atoms with Crippen LogP contribution in [-0.4, -0.2) is 33.0 Å². The summed E-state index contributed by atoms with van der Waals surface area (Å²) in [5, 5.41) is 3.38. The van der Waals surface area contributed by atoms with Crippen molar-refractivity contribution in [2.45, 2.75) is 45.6 Å². The highest BCUT2D eigenvalue weighted by Crippen LogP contribution is 2.02. The van der Waals surface area contributed by atoms with E-state index in [0.29, 0.717) is 11.8 Å². The van der Waals surface area contributed by atoms with Crippen molar-refractivity contribution < 1.29 is 8.42 Å². The van der Waals surface area contributed by atoms with Crippen molar-refractivity contribution in [3.8, 4) is 0 Å². The van der Waals surface area contributed by atoms with Crippen molar-refractivity contribution in [3.63, 3.8) is 0 Å². The number of hydrogen-bond donors (Lipinski definition) is 1. The first kappa shape index (κ1) is 13.9. The summed E-state index contributed by atoms with van der Waals surface area (Å²) in [6.07, 6.45) is 5.29. The third kappa shape index (κ3) is 9.99. The van der Waals surface area contributed by atoms with E-state index in [9.17, 15) is 8.42 Å². The van der Waals surface area contributed by atoms with Gasteiger partial charge in [-0.3, -0.25) is 0 Å². The summed E-state index contributed by atoms with van der Waals surface area (Å²) in [4.78, 5) is 0. The molecule has 1 unspecified atom stereocenters. The van der Waals surface area contributed by atoms with E-state index in [2.05, 4.69) is 19.2 Å². The molecule has 0 amide bonds. The van der Waals surface area contributed by atoms with Crippen molar-refractivity contribution in [3.05, 3.63) is 0 Å². The van der Waals surface area contributed by atoms with Crippen LogP contribution in [0, 0.1) is 0 Å². The van der Waals surface area contributed by atoms with Gasteiger partial charge in [0.15, 0.2) is 0 Å². The lowest BCUT2D eigenvalue weighted by Crippen LogP contribution is -2.26. The fourth-order valence-corrected chi connectivity index (χ4v) is 2.04. The summed E-state index contributed by atoms with van der Waals surface area (Å²) >= 11 is 0. The van der Waals surface area contributed by atoms with Gasteiger partial charge in [-0.25, -0.2) is 8.42 Å². The van der Waals surface area contributed by atoms with Gasteiger partial charge in [-0.2, -0.15) is 0 Å². The highest BCUT2D eigenvalue weighted by molar-refractivity contribution is 7.90. The molecule has 1 atom stereocenters. The van der Waals surface area contributed by atoms with Crippen molar-refractivity contribution >= 4 is 9.84 Å². The van der Waals surface area contributed by atoms with Gasteiger partial charge in [-0.15, -0.1) is 0 Å². The third-order valence-electron chi connectivity index (χ3n) is 2.15. The second kappa shape index (κ2) is 7.23. The van der Waals surface area contributed by atoms with Gasteiger partial charge in [0.05, 0.1) is 0 Å². The number of unbranched alkanes of at least 4 members (excludes halogenated alkanes) is 1. The van der Waals surface area contributed by atoms with Crippen molar-refractivity contribution in [2.75, 3.05) is 18.6 Å². The summed E-state index contributed by atoms with van der Waals surface area (Å²) in [7, 11) is -2.76. The molecule has 4 heteroatoms. The van der Waals surface area contributed by atoms with E-state index < -0.39 is 9.84 Å². The minimum Gasteiger partial charge on any atom is -0.314 e. The Morgan fingerprint density at radius 2 is 1.93 bits per heavy atom. The zero-order valence-electron chi connectivity index (χ0n) is 9.54. The average Bonchev–Trinajstić information content (AvgIpc) is 2.07. The minimum atomic E-state index is -2.76. The molecule has 0 aromatic carbocycles. The SMILES string of the molecule is CCCNC(C)CCCCS(C)(=O)=O. The molecule has 0 fully saturated rings. The molecule has 86 valence electrons.